The topological polar surface area (TPSA) is 108 Å². The monoisotopic (exact) mass is 370 g/mol. The van der Waals surface area contributed by atoms with E-state index < -0.39 is 10.8 Å². The van der Waals surface area contributed by atoms with E-state index in [1.807, 2.05) is 24.3 Å². The Labute approximate surface area is 155 Å². The van der Waals surface area contributed by atoms with Crippen LogP contribution in [0.1, 0.15) is 5.56 Å². The number of carbonyl (C=O) groups is 1. The quantitative estimate of drug-likeness (QED) is 0.255. The Morgan fingerprint density at radius 3 is 2.62 bits per heavy atom. The van der Waals surface area contributed by atoms with Crippen LogP contribution in [0.5, 0.6) is 0 Å². The number of nitrogens with zero attached hydrogens (tertiary/aromatic N) is 2. The van der Waals surface area contributed by atoms with Gasteiger partial charge in [0.25, 0.3) is 11.6 Å². The predicted octanol–water partition coefficient (Wildman–Crippen LogP) is 3.43. The number of rotatable bonds is 7. The van der Waals surface area contributed by atoms with Crippen LogP contribution < -0.4 is 10.6 Å². The summed E-state index contributed by atoms with van der Waals surface area (Å²) in [6.07, 6.45) is 2.02. The van der Waals surface area contributed by atoms with Gasteiger partial charge in [-0.25, -0.2) is 0 Å². The smallest absolute Gasteiger partial charge is 0.269 e. The minimum atomic E-state index is -0.600. The molecule has 0 atom stereocenters. The molecule has 0 heterocycles. The summed E-state index contributed by atoms with van der Waals surface area (Å²) in [5.74, 6) is -0.600. The molecule has 0 saturated heterocycles. The van der Waals surface area contributed by atoms with Crippen LogP contribution >= 0.6 is 11.6 Å². The molecule has 0 unspecified atom stereocenters. The third-order valence-electron chi connectivity index (χ3n) is 3.39. The molecule has 0 spiro atoms. The minimum absolute atomic E-state index is 0.0817. The number of nitriles is 1. The average Bonchev–Trinajstić information content (AvgIpc) is 2.62. The number of benzene rings is 2. The number of non-ortho nitro benzene ring substituents is 1. The fraction of sp³-hybridized carbons (Fsp3) is 0.111. The average molecular weight is 371 g/mol. The molecule has 0 aliphatic rings. The molecule has 0 bridgehead atoms. The molecule has 0 saturated carbocycles. The van der Waals surface area contributed by atoms with Crippen LogP contribution in [-0.4, -0.2) is 17.4 Å². The molecule has 2 aromatic rings. The van der Waals surface area contributed by atoms with E-state index in [2.05, 4.69) is 10.6 Å². The molecule has 0 fully saturated rings. The van der Waals surface area contributed by atoms with Crippen LogP contribution in [0.2, 0.25) is 5.02 Å². The standard InChI is InChI=1S/C18H15ClN4O3/c19-15-3-1-2-13(10-15)8-9-21-12-14(11-20)18(24)22-16-4-6-17(7-5-16)23(25)26/h1-7,10,12,21H,8-9H2,(H,22,24)/b14-12-. The van der Waals surface area contributed by atoms with E-state index in [0.717, 1.165) is 5.56 Å². The maximum absolute atomic E-state index is 12.1. The van der Waals surface area contributed by atoms with Gasteiger partial charge in [0.15, 0.2) is 0 Å². The Morgan fingerprint density at radius 2 is 2.00 bits per heavy atom. The fourth-order valence-corrected chi connectivity index (χ4v) is 2.31. The van der Waals surface area contributed by atoms with Crippen LogP contribution in [0.15, 0.2) is 60.3 Å². The molecule has 0 aliphatic carbocycles. The molecule has 8 heteroatoms. The van der Waals surface area contributed by atoms with E-state index in [-0.39, 0.29) is 11.3 Å². The first-order chi connectivity index (χ1) is 12.5. The minimum Gasteiger partial charge on any atom is -0.389 e. The van der Waals surface area contributed by atoms with Crippen molar-refractivity contribution in [1.29, 1.82) is 5.26 Å². The Kier molecular flexibility index (Phi) is 6.71. The first-order valence-electron chi connectivity index (χ1n) is 7.63. The van der Waals surface area contributed by atoms with Crippen molar-refractivity contribution in [3.8, 4) is 6.07 Å². The number of anilines is 1. The van der Waals surface area contributed by atoms with E-state index in [1.54, 1.807) is 6.07 Å². The molecular weight excluding hydrogens is 356 g/mol. The predicted molar refractivity (Wildman–Crippen MR) is 98.6 cm³/mol. The summed E-state index contributed by atoms with van der Waals surface area (Å²) in [5, 5.41) is 25.8. The maximum atomic E-state index is 12.1. The molecule has 7 nitrogen and oxygen atoms in total. The van der Waals surface area contributed by atoms with Crippen LogP contribution in [0.3, 0.4) is 0 Å². The summed E-state index contributed by atoms with van der Waals surface area (Å²) in [4.78, 5) is 22.2. The zero-order valence-electron chi connectivity index (χ0n) is 13.6. The summed E-state index contributed by atoms with van der Waals surface area (Å²) < 4.78 is 0. The number of amides is 1. The normalized spacial score (nSPS) is 10.7. The molecule has 132 valence electrons. The van der Waals surface area contributed by atoms with Crippen molar-refractivity contribution in [1.82, 2.24) is 5.32 Å². The van der Waals surface area contributed by atoms with Gasteiger partial charge in [0.1, 0.15) is 11.6 Å². The third kappa shape index (κ3) is 5.61. The van der Waals surface area contributed by atoms with E-state index in [0.29, 0.717) is 23.7 Å². The molecule has 0 aliphatic heterocycles. The summed E-state index contributed by atoms with van der Waals surface area (Å²) in [6, 6.07) is 14.6. The second-order valence-corrected chi connectivity index (χ2v) is 5.70. The highest BCUT2D eigenvalue weighted by Crippen LogP contribution is 2.16. The summed E-state index contributed by atoms with van der Waals surface area (Å²) in [6.45, 7) is 0.524. The lowest BCUT2D eigenvalue weighted by molar-refractivity contribution is -0.384. The number of hydrogen-bond donors (Lipinski definition) is 2. The van der Waals surface area contributed by atoms with Gasteiger partial charge in [0.05, 0.1) is 4.92 Å². The van der Waals surface area contributed by atoms with Crippen LogP contribution in [0.25, 0.3) is 0 Å². The zero-order chi connectivity index (χ0) is 18.9. The van der Waals surface area contributed by atoms with Gasteiger partial charge in [0, 0.05) is 35.6 Å². The van der Waals surface area contributed by atoms with Crippen LogP contribution in [0.4, 0.5) is 11.4 Å². The van der Waals surface area contributed by atoms with Gasteiger partial charge in [-0.1, -0.05) is 23.7 Å². The molecule has 2 N–H and O–H groups in total. The van der Waals surface area contributed by atoms with Gasteiger partial charge >= 0.3 is 0 Å². The highest BCUT2D eigenvalue weighted by atomic mass is 35.5. The lowest BCUT2D eigenvalue weighted by Gasteiger charge is -2.05. The SMILES string of the molecule is N#C/C(=C/NCCc1cccc(Cl)c1)C(=O)Nc1ccc([N+](=O)[O-])cc1. The Hall–Kier alpha value is -3.37. The van der Waals surface area contributed by atoms with Crippen molar-refractivity contribution in [2.24, 2.45) is 0 Å². The first-order valence-corrected chi connectivity index (χ1v) is 8.01. The van der Waals surface area contributed by atoms with Crippen molar-refractivity contribution in [3.05, 3.63) is 81.0 Å². The fourth-order valence-electron chi connectivity index (χ4n) is 2.10. The van der Waals surface area contributed by atoms with E-state index in [4.69, 9.17) is 16.9 Å². The Bertz CT molecular complexity index is 873. The highest BCUT2D eigenvalue weighted by molar-refractivity contribution is 6.30. The van der Waals surface area contributed by atoms with Crippen molar-refractivity contribution in [2.75, 3.05) is 11.9 Å². The van der Waals surface area contributed by atoms with Gasteiger partial charge in [-0.2, -0.15) is 5.26 Å². The zero-order valence-corrected chi connectivity index (χ0v) is 14.4. The van der Waals surface area contributed by atoms with Gasteiger partial charge in [-0.15, -0.1) is 0 Å². The van der Waals surface area contributed by atoms with Crippen molar-refractivity contribution >= 4 is 28.9 Å². The lowest BCUT2D eigenvalue weighted by Crippen LogP contribution is -2.18. The molecule has 1 amide bonds. The Balaban J connectivity index is 1.90. The molecule has 2 aromatic carbocycles. The van der Waals surface area contributed by atoms with Crippen molar-refractivity contribution in [2.45, 2.75) is 6.42 Å². The second kappa shape index (κ2) is 9.20. The number of nitro groups is 1. The van der Waals surface area contributed by atoms with Crippen LogP contribution in [0, 0.1) is 21.4 Å². The molecule has 26 heavy (non-hydrogen) atoms. The van der Waals surface area contributed by atoms with Crippen molar-refractivity contribution < 1.29 is 9.72 Å². The summed E-state index contributed by atoms with van der Waals surface area (Å²) >= 11 is 5.91. The molecule has 0 radical (unpaired) electrons. The van der Waals surface area contributed by atoms with E-state index >= 15 is 0 Å². The number of nitrogens with one attached hydrogen (secondary N) is 2. The lowest BCUT2D eigenvalue weighted by atomic mass is 10.1. The third-order valence-corrected chi connectivity index (χ3v) is 3.63. The molecule has 0 aromatic heterocycles. The maximum Gasteiger partial charge on any atom is 0.269 e. The van der Waals surface area contributed by atoms with Gasteiger partial charge in [-0.3, -0.25) is 14.9 Å². The number of hydrogen-bond acceptors (Lipinski definition) is 5. The second-order valence-electron chi connectivity index (χ2n) is 5.26. The highest BCUT2D eigenvalue weighted by Gasteiger charge is 2.10. The van der Waals surface area contributed by atoms with E-state index in [1.165, 1.54) is 30.5 Å². The number of carbonyl (C=O) groups excluding carboxylic acids is 1. The summed E-state index contributed by atoms with van der Waals surface area (Å²) in [7, 11) is 0. The van der Waals surface area contributed by atoms with Crippen molar-refractivity contribution in [3.63, 3.8) is 0 Å². The number of nitro benzene ring substituents is 1. The molecule has 2 rings (SSSR count). The Morgan fingerprint density at radius 1 is 1.27 bits per heavy atom. The van der Waals surface area contributed by atoms with Gasteiger partial charge in [-0.05, 0) is 36.2 Å². The first kappa shape index (κ1) is 19.0. The van der Waals surface area contributed by atoms with Gasteiger partial charge in [0.2, 0.25) is 0 Å². The van der Waals surface area contributed by atoms with Gasteiger partial charge < -0.3 is 10.6 Å². The largest absolute Gasteiger partial charge is 0.389 e. The summed E-state index contributed by atoms with van der Waals surface area (Å²) in [5.41, 5.74) is 1.21. The van der Waals surface area contributed by atoms with E-state index in [9.17, 15) is 14.9 Å². The number of halogens is 1. The molecular formula is C18H15ClN4O3. The van der Waals surface area contributed by atoms with Crippen LogP contribution in [-0.2, 0) is 11.2 Å².